The van der Waals surface area contributed by atoms with Gasteiger partial charge < -0.3 is 10.2 Å². The zero-order chi connectivity index (χ0) is 22.8. The highest BCUT2D eigenvalue weighted by Gasteiger charge is 2.26. The molecule has 1 aliphatic rings. The Morgan fingerprint density at radius 3 is 2.53 bits per heavy atom. The van der Waals surface area contributed by atoms with Crippen LogP contribution in [0.1, 0.15) is 27.0 Å². The highest BCUT2D eigenvalue weighted by molar-refractivity contribution is 8.00. The topological polar surface area (TPSA) is 49.4 Å². The average molecular weight is 456 g/mol. The standard InChI is InChI=1S/C24H19F3N2O2S/c1-14-3-2-4-15(7-14)12-29-21-8-16(5-6-22(21)32-13-23(29)30)24(31)28-11-18-19(26)9-17(25)10-20(18)27/h2-10H,11-13H2,1H3,(H,28,31). The van der Waals surface area contributed by atoms with E-state index < -0.39 is 35.5 Å². The summed E-state index contributed by atoms with van der Waals surface area (Å²) >= 11 is 1.39. The Morgan fingerprint density at radius 2 is 1.81 bits per heavy atom. The third-order valence-electron chi connectivity index (χ3n) is 5.12. The largest absolute Gasteiger partial charge is 0.348 e. The third-order valence-corrected chi connectivity index (χ3v) is 6.17. The van der Waals surface area contributed by atoms with Crippen LogP contribution in [0.5, 0.6) is 0 Å². The fraction of sp³-hybridized carbons (Fsp3) is 0.167. The summed E-state index contributed by atoms with van der Waals surface area (Å²) in [7, 11) is 0. The fourth-order valence-electron chi connectivity index (χ4n) is 3.52. The molecule has 0 atom stereocenters. The molecular weight excluding hydrogens is 437 g/mol. The van der Waals surface area contributed by atoms with Crippen LogP contribution in [-0.2, 0) is 17.9 Å². The van der Waals surface area contributed by atoms with Crippen LogP contribution in [0.2, 0.25) is 0 Å². The Hall–Kier alpha value is -3.26. The van der Waals surface area contributed by atoms with Crippen molar-refractivity contribution in [1.29, 1.82) is 0 Å². The van der Waals surface area contributed by atoms with Crippen molar-refractivity contribution >= 4 is 29.3 Å². The molecule has 3 aromatic carbocycles. The molecule has 3 aromatic rings. The van der Waals surface area contributed by atoms with Crippen molar-refractivity contribution in [2.24, 2.45) is 0 Å². The summed E-state index contributed by atoms with van der Waals surface area (Å²) in [6, 6.07) is 13.9. The number of rotatable bonds is 5. The molecule has 32 heavy (non-hydrogen) atoms. The molecule has 0 saturated heterocycles. The first kappa shape index (κ1) is 22.0. The van der Waals surface area contributed by atoms with Crippen LogP contribution in [0, 0.1) is 24.4 Å². The molecule has 0 aromatic heterocycles. The van der Waals surface area contributed by atoms with E-state index in [4.69, 9.17) is 0 Å². The van der Waals surface area contributed by atoms with Gasteiger partial charge in [-0.25, -0.2) is 13.2 Å². The monoisotopic (exact) mass is 456 g/mol. The number of hydrogen-bond donors (Lipinski definition) is 1. The number of aryl methyl sites for hydroxylation is 1. The molecule has 4 rings (SSSR count). The molecule has 0 spiro atoms. The number of halogens is 3. The van der Waals surface area contributed by atoms with E-state index in [2.05, 4.69) is 5.32 Å². The second-order valence-corrected chi connectivity index (χ2v) is 8.49. The van der Waals surface area contributed by atoms with Crippen molar-refractivity contribution in [3.63, 3.8) is 0 Å². The second kappa shape index (κ2) is 9.08. The van der Waals surface area contributed by atoms with E-state index in [9.17, 15) is 22.8 Å². The van der Waals surface area contributed by atoms with Gasteiger partial charge in [0.2, 0.25) is 5.91 Å². The maximum absolute atomic E-state index is 13.8. The Balaban J connectivity index is 1.56. The number of amides is 2. The van der Waals surface area contributed by atoms with E-state index >= 15 is 0 Å². The number of nitrogens with one attached hydrogen (secondary N) is 1. The molecule has 8 heteroatoms. The van der Waals surface area contributed by atoms with Crippen molar-refractivity contribution < 1.29 is 22.8 Å². The summed E-state index contributed by atoms with van der Waals surface area (Å²) in [4.78, 5) is 27.8. The van der Waals surface area contributed by atoms with Crippen molar-refractivity contribution in [3.05, 3.63) is 94.3 Å². The molecule has 0 fully saturated rings. The maximum Gasteiger partial charge on any atom is 0.251 e. The lowest BCUT2D eigenvalue weighted by molar-refractivity contribution is -0.116. The van der Waals surface area contributed by atoms with Crippen molar-refractivity contribution in [1.82, 2.24) is 5.32 Å². The molecule has 2 amide bonds. The Morgan fingerprint density at radius 1 is 1.06 bits per heavy atom. The van der Waals surface area contributed by atoms with Gasteiger partial charge in [-0.05, 0) is 30.7 Å². The predicted octanol–water partition coefficient (Wildman–Crippen LogP) is 4.98. The molecule has 164 valence electrons. The normalized spacial score (nSPS) is 13.1. The first-order valence-electron chi connectivity index (χ1n) is 9.86. The summed E-state index contributed by atoms with van der Waals surface area (Å²) in [5.74, 6) is -3.50. The smallest absolute Gasteiger partial charge is 0.251 e. The Bertz CT molecular complexity index is 1190. The number of nitrogens with zero attached hydrogens (tertiary/aromatic N) is 1. The van der Waals surface area contributed by atoms with E-state index in [1.807, 2.05) is 31.2 Å². The quantitative estimate of drug-likeness (QED) is 0.589. The van der Waals surface area contributed by atoms with Gasteiger partial charge in [-0.15, -0.1) is 11.8 Å². The van der Waals surface area contributed by atoms with E-state index in [0.717, 1.165) is 16.0 Å². The number of anilines is 1. The molecule has 1 heterocycles. The number of carbonyl (C=O) groups is 2. The minimum atomic E-state index is -1.07. The molecule has 0 unspecified atom stereocenters. The predicted molar refractivity (Wildman–Crippen MR) is 117 cm³/mol. The Labute approximate surface area is 187 Å². The Kier molecular flexibility index (Phi) is 6.23. The van der Waals surface area contributed by atoms with E-state index in [0.29, 0.717) is 30.1 Å². The van der Waals surface area contributed by atoms with E-state index in [1.165, 1.54) is 11.8 Å². The van der Waals surface area contributed by atoms with Gasteiger partial charge in [0.15, 0.2) is 0 Å². The molecular formula is C24H19F3N2O2S. The molecule has 0 bridgehead atoms. The van der Waals surface area contributed by atoms with Crippen LogP contribution >= 0.6 is 11.8 Å². The van der Waals surface area contributed by atoms with Crippen LogP contribution < -0.4 is 10.2 Å². The average Bonchev–Trinajstić information content (AvgIpc) is 2.74. The highest BCUT2D eigenvalue weighted by Crippen LogP contribution is 2.37. The van der Waals surface area contributed by atoms with Crippen LogP contribution in [0.3, 0.4) is 0 Å². The lowest BCUT2D eigenvalue weighted by Gasteiger charge is -2.29. The summed E-state index contributed by atoms with van der Waals surface area (Å²) in [6.45, 7) is 1.90. The minimum absolute atomic E-state index is 0.0722. The zero-order valence-corrected chi connectivity index (χ0v) is 17.9. The maximum atomic E-state index is 13.8. The van der Waals surface area contributed by atoms with Crippen LogP contribution in [0.15, 0.2) is 59.5 Å². The van der Waals surface area contributed by atoms with Crippen LogP contribution in [0.4, 0.5) is 18.9 Å². The van der Waals surface area contributed by atoms with Gasteiger partial charge in [0.05, 0.1) is 18.0 Å². The number of carbonyl (C=O) groups excluding carboxylic acids is 2. The fourth-order valence-corrected chi connectivity index (χ4v) is 4.44. The van der Waals surface area contributed by atoms with Gasteiger partial charge in [-0.3, -0.25) is 9.59 Å². The summed E-state index contributed by atoms with van der Waals surface area (Å²) in [5, 5.41) is 2.45. The van der Waals surface area contributed by atoms with Crippen molar-refractivity contribution in [2.45, 2.75) is 24.9 Å². The van der Waals surface area contributed by atoms with E-state index in [-0.39, 0.29) is 11.5 Å². The summed E-state index contributed by atoms with van der Waals surface area (Å²) in [5.41, 5.74) is 2.48. The SMILES string of the molecule is Cc1cccc(CN2C(=O)CSc3ccc(C(=O)NCc4c(F)cc(F)cc4F)cc32)c1. The number of hydrogen-bond acceptors (Lipinski definition) is 3. The highest BCUT2D eigenvalue weighted by atomic mass is 32.2. The lowest BCUT2D eigenvalue weighted by Crippen LogP contribution is -2.35. The minimum Gasteiger partial charge on any atom is -0.348 e. The number of fused-ring (bicyclic) bond motifs is 1. The second-order valence-electron chi connectivity index (χ2n) is 7.47. The van der Waals surface area contributed by atoms with Gasteiger partial charge in [-0.2, -0.15) is 0 Å². The third kappa shape index (κ3) is 4.65. The first-order valence-corrected chi connectivity index (χ1v) is 10.8. The number of benzene rings is 3. The molecule has 1 N–H and O–H groups in total. The summed E-state index contributed by atoms with van der Waals surface area (Å²) < 4.78 is 40.8. The molecule has 0 aliphatic carbocycles. The molecule has 4 nitrogen and oxygen atoms in total. The first-order chi connectivity index (χ1) is 15.3. The van der Waals surface area contributed by atoms with Gasteiger partial charge in [-0.1, -0.05) is 29.8 Å². The van der Waals surface area contributed by atoms with Gasteiger partial charge in [0.1, 0.15) is 17.5 Å². The van der Waals surface area contributed by atoms with Crippen molar-refractivity contribution in [2.75, 3.05) is 10.7 Å². The molecule has 0 radical (unpaired) electrons. The lowest BCUT2D eigenvalue weighted by atomic mass is 10.1. The van der Waals surface area contributed by atoms with Crippen molar-refractivity contribution in [3.8, 4) is 0 Å². The molecule has 0 saturated carbocycles. The summed E-state index contributed by atoms with van der Waals surface area (Å²) in [6.07, 6.45) is 0. The van der Waals surface area contributed by atoms with Gasteiger partial charge in [0.25, 0.3) is 5.91 Å². The van der Waals surface area contributed by atoms with Gasteiger partial charge in [0, 0.05) is 34.7 Å². The van der Waals surface area contributed by atoms with E-state index in [1.54, 1.807) is 23.1 Å². The van der Waals surface area contributed by atoms with Crippen LogP contribution in [-0.4, -0.2) is 17.6 Å². The van der Waals surface area contributed by atoms with Gasteiger partial charge >= 0.3 is 0 Å². The molecule has 1 aliphatic heterocycles. The number of thioether (sulfide) groups is 1. The van der Waals surface area contributed by atoms with Crippen LogP contribution in [0.25, 0.3) is 0 Å². The zero-order valence-electron chi connectivity index (χ0n) is 17.1.